The van der Waals surface area contributed by atoms with E-state index in [0.29, 0.717) is 30.4 Å². The number of anilines is 3. The number of aromatic nitrogens is 2. The van der Waals surface area contributed by atoms with Gasteiger partial charge in [0.15, 0.2) is 5.69 Å². The molecule has 4 heterocycles. The first-order valence-electron chi connectivity index (χ1n) is 13.2. The van der Waals surface area contributed by atoms with Crippen LogP contribution in [0.2, 0.25) is 0 Å². The maximum absolute atomic E-state index is 13.4. The van der Waals surface area contributed by atoms with E-state index in [-0.39, 0.29) is 29.6 Å². The monoisotopic (exact) mass is 516 g/mol. The van der Waals surface area contributed by atoms with Crippen LogP contribution in [0, 0.1) is 5.92 Å². The van der Waals surface area contributed by atoms with E-state index in [1.165, 1.54) is 5.56 Å². The molecule has 3 aromatic rings. The van der Waals surface area contributed by atoms with Gasteiger partial charge in [0.25, 0.3) is 5.91 Å². The fourth-order valence-corrected chi connectivity index (χ4v) is 5.56. The van der Waals surface area contributed by atoms with Gasteiger partial charge in [-0.3, -0.25) is 14.8 Å². The van der Waals surface area contributed by atoms with Crippen molar-refractivity contribution in [2.24, 2.45) is 22.4 Å². The van der Waals surface area contributed by atoms with Gasteiger partial charge in [-0.15, -0.1) is 0 Å². The standard InChI is InChI=1S/C28H36N8O2/c1-17-15-36(16-22(31)26(17)33-9-7-29)25-4-8-32-14-24(25)35-28(37)27-21(30)12-20-3-2-19(13-23(20)34-27)18-5-10-38-11-6-18/h2-4,8-9,12-14,17-18,22,26H,5-7,10-11,15-16,29-31H2,1H3,(H,35,37). The fourth-order valence-electron chi connectivity index (χ4n) is 5.56. The molecule has 10 nitrogen and oxygen atoms in total. The Morgan fingerprint density at radius 3 is 2.82 bits per heavy atom. The van der Waals surface area contributed by atoms with Crippen LogP contribution in [0.3, 0.4) is 0 Å². The molecule has 1 amide bonds. The number of nitrogens with one attached hydrogen (secondary N) is 1. The molecule has 0 aliphatic carbocycles. The van der Waals surface area contributed by atoms with Crippen molar-refractivity contribution in [1.29, 1.82) is 0 Å². The number of hydrogen-bond donors (Lipinski definition) is 4. The van der Waals surface area contributed by atoms with Gasteiger partial charge in [0.1, 0.15) is 0 Å². The van der Waals surface area contributed by atoms with Crippen LogP contribution in [0.5, 0.6) is 0 Å². The molecular formula is C28H36N8O2. The molecule has 0 bridgehead atoms. The second-order valence-electron chi connectivity index (χ2n) is 10.2. The summed E-state index contributed by atoms with van der Waals surface area (Å²) in [5, 5.41) is 3.90. The number of benzene rings is 1. The fraction of sp³-hybridized carbons (Fsp3) is 0.429. The molecule has 10 heteroatoms. The molecule has 0 saturated carbocycles. The van der Waals surface area contributed by atoms with Gasteiger partial charge in [-0.2, -0.15) is 0 Å². The lowest BCUT2D eigenvalue weighted by Crippen LogP contribution is -2.55. The van der Waals surface area contributed by atoms with Crippen molar-refractivity contribution in [3.63, 3.8) is 0 Å². The summed E-state index contributed by atoms with van der Waals surface area (Å²) in [6.07, 6.45) is 7.04. The van der Waals surface area contributed by atoms with Crippen molar-refractivity contribution in [1.82, 2.24) is 9.97 Å². The highest BCUT2D eigenvalue weighted by Gasteiger charge is 2.33. The molecule has 5 rings (SSSR count). The number of ether oxygens (including phenoxy) is 1. The largest absolute Gasteiger partial charge is 0.397 e. The maximum atomic E-state index is 13.4. The van der Waals surface area contributed by atoms with Gasteiger partial charge in [-0.05, 0) is 48.4 Å². The number of carbonyl (C=O) groups excluding carboxylic acids is 1. The zero-order valence-electron chi connectivity index (χ0n) is 21.7. The highest BCUT2D eigenvalue weighted by molar-refractivity contribution is 6.09. The molecule has 3 atom stereocenters. The van der Waals surface area contributed by atoms with Gasteiger partial charge in [-0.25, -0.2) is 4.98 Å². The third-order valence-corrected chi connectivity index (χ3v) is 7.51. The lowest BCUT2D eigenvalue weighted by Gasteiger charge is -2.41. The van der Waals surface area contributed by atoms with Crippen LogP contribution >= 0.6 is 0 Å². The van der Waals surface area contributed by atoms with Crippen molar-refractivity contribution in [3.05, 3.63) is 54.0 Å². The number of hydrogen-bond acceptors (Lipinski definition) is 9. The molecule has 2 aliphatic rings. The van der Waals surface area contributed by atoms with E-state index >= 15 is 0 Å². The normalized spacial score (nSPS) is 22.7. The topological polar surface area (TPSA) is 158 Å². The summed E-state index contributed by atoms with van der Waals surface area (Å²) in [7, 11) is 0. The third kappa shape index (κ3) is 5.47. The smallest absolute Gasteiger partial charge is 0.276 e. The Morgan fingerprint density at radius 2 is 2.05 bits per heavy atom. The number of piperidine rings is 1. The predicted molar refractivity (Wildman–Crippen MR) is 152 cm³/mol. The molecule has 38 heavy (non-hydrogen) atoms. The van der Waals surface area contributed by atoms with E-state index in [4.69, 9.17) is 21.9 Å². The zero-order valence-corrected chi connectivity index (χ0v) is 21.7. The van der Waals surface area contributed by atoms with Crippen molar-refractivity contribution >= 4 is 40.1 Å². The van der Waals surface area contributed by atoms with Crippen molar-refractivity contribution in [2.45, 2.75) is 37.8 Å². The van der Waals surface area contributed by atoms with E-state index in [9.17, 15) is 4.79 Å². The first-order chi connectivity index (χ1) is 18.4. The number of nitrogens with zero attached hydrogens (tertiary/aromatic N) is 4. The molecule has 2 saturated heterocycles. The van der Waals surface area contributed by atoms with Crippen LogP contribution in [-0.4, -0.2) is 67.0 Å². The molecule has 2 aromatic heterocycles. The molecule has 2 aliphatic heterocycles. The van der Waals surface area contributed by atoms with Gasteiger partial charge in [0.05, 0.1) is 34.8 Å². The minimum Gasteiger partial charge on any atom is -0.397 e. The predicted octanol–water partition coefficient (Wildman–Crippen LogP) is 2.54. The molecule has 0 spiro atoms. The van der Waals surface area contributed by atoms with E-state index < -0.39 is 0 Å². The van der Waals surface area contributed by atoms with Gasteiger partial charge in [0, 0.05) is 56.7 Å². The third-order valence-electron chi connectivity index (χ3n) is 7.51. The molecule has 0 radical (unpaired) electrons. The molecule has 200 valence electrons. The quantitative estimate of drug-likeness (QED) is 0.364. The van der Waals surface area contributed by atoms with Gasteiger partial charge >= 0.3 is 0 Å². The average molecular weight is 517 g/mol. The highest BCUT2D eigenvalue weighted by atomic mass is 16.5. The van der Waals surface area contributed by atoms with E-state index in [1.807, 2.05) is 18.2 Å². The van der Waals surface area contributed by atoms with E-state index in [2.05, 4.69) is 44.2 Å². The zero-order chi connectivity index (χ0) is 26.6. The second-order valence-corrected chi connectivity index (χ2v) is 10.2. The Kier molecular flexibility index (Phi) is 7.82. The summed E-state index contributed by atoms with van der Waals surface area (Å²) in [6, 6.07) is 9.74. The Bertz CT molecular complexity index is 1310. The SMILES string of the molecule is CC1CN(c2ccncc2NC(=O)c2nc3cc(C4CCOCC4)ccc3cc2N)CC(N)C1N=CCN. The van der Waals surface area contributed by atoms with Crippen LogP contribution in [-0.2, 0) is 4.74 Å². The van der Waals surface area contributed by atoms with Crippen molar-refractivity contribution in [2.75, 3.05) is 48.8 Å². The molecule has 1 aromatic carbocycles. The highest BCUT2D eigenvalue weighted by Crippen LogP contribution is 2.32. The van der Waals surface area contributed by atoms with Crippen LogP contribution < -0.4 is 27.4 Å². The average Bonchev–Trinajstić information content (AvgIpc) is 2.92. The van der Waals surface area contributed by atoms with E-state index in [1.54, 1.807) is 18.6 Å². The first-order valence-corrected chi connectivity index (χ1v) is 13.2. The number of nitrogen functional groups attached to an aromatic ring is 1. The number of amides is 1. The number of fused-ring (bicyclic) bond motifs is 1. The number of rotatable bonds is 6. The lowest BCUT2D eigenvalue weighted by atomic mass is 9.90. The lowest BCUT2D eigenvalue weighted by molar-refractivity contribution is 0.0853. The summed E-state index contributed by atoms with van der Waals surface area (Å²) >= 11 is 0. The summed E-state index contributed by atoms with van der Waals surface area (Å²) in [4.78, 5) is 29.1. The maximum Gasteiger partial charge on any atom is 0.276 e. The minimum absolute atomic E-state index is 0.00213. The Morgan fingerprint density at radius 1 is 1.24 bits per heavy atom. The second kappa shape index (κ2) is 11.4. The van der Waals surface area contributed by atoms with Crippen molar-refractivity contribution < 1.29 is 9.53 Å². The Labute approximate surface area is 222 Å². The van der Waals surface area contributed by atoms with Crippen LogP contribution in [0.1, 0.15) is 41.7 Å². The number of carbonyl (C=O) groups is 1. The summed E-state index contributed by atoms with van der Waals surface area (Å²) < 4.78 is 5.51. The number of nitrogens with two attached hydrogens (primary N) is 3. The molecule has 7 N–H and O–H groups in total. The van der Waals surface area contributed by atoms with Gasteiger partial charge < -0.3 is 32.2 Å². The van der Waals surface area contributed by atoms with Crippen LogP contribution in [0.15, 0.2) is 47.7 Å². The van der Waals surface area contributed by atoms with E-state index in [0.717, 1.165) is 49.2 Å². The number of pyridine rings is 2. The molecule has 3 unspecified atom stereocenters. The van der Waals surface area contributed by atoms with Crippen LogP contribution in [0.25, 0.3) is 10.9 Å². The Balaban J connectivity index is 1.38. The summed E-state index contributed by atoms with van der Waals surface area (Å²) in [5.41, 5.74) is 22.3. The van der Waals surface area contributed by atoms with Crippen LogP contribution in [0.4, 0.5) is 17.1 Å². The summed E-state index contributed by atoms with van der Waals surface area (Å²) in [5.74, 6) is 0.262. The minimum atomic E-state index is -0.380. The molecular weight excluding hydrogens is 480 g/mol. The Hall–Kier alpha value is -3.60. The summed E-state index contributed by atoms with van der Waals surface area (Å²) in [6.45, 7) is 5.37. The van der Waals surface area contributed by atoms with Gasteiger partial charge in [0.2, 0.25) is 0 Å². The number of aliphatic imine (C=N–C) groups is 1. The van der Waals surface area contributed by atoms with Gasteiger partial charge in [-0.1, -0.05) is 19.1 Å². The molecule has 2 fully saturated rings. The van der Waals surface area contributed by atoms with Crippen molar-refractivity contribution in [3.8, 4) is 0 Å². The first kappa shape index (κ1) is 26.0.